The molecule has 1 saturated heterocycles. The van der Waals surface area contributed by atoms with Crippen LogP contribution in [0.1, 0.15) is 12.8 Å². The summed E-state index contributed by atoms with van der Waals surface area (Å²) in [7, 11) is 1.85. The lowest BCUT2D eigenvalue weighted by Crippen LogP contribution is -2.43. The van der Waals surface area contributed by atoms with Crippen molar-refractivity contribution in [3.05, 3.63) is 0 Å². The number of guanidine groups is 1. The van der Waals surface area contributed by atoms with Crippen LogP contribution < -0.4 is 10.6 Å². The first kappa shape index (κ1) is 13.0. The van der Waals surface area contributed by atoms with Gasteiger partial charge in [-0.2, -0.15) is 11.8 Å². The van der Waals surface area contributed by atoms with Crippen LogP contribution in [0.25, 0.3) is 0 Å². The van der Waals surface area contributed by atoms with E-state index in [2.05, 4.69) is 32.3 Å². The average Bonchev–Trinajstić information content (AvgIpc) is 3.19. The summed E-state index contributed by atoms with van der Waals surface area (Å²) in [5.74, 6) is 4.43. The van der Waals surface area contributed by atoms with Crippen molar-refractivity contribution < 1.29 is 0 Å². The monoisotopic (exact) mass is 256 g/mol. The van der Waals surface area contributed by atoms with E-state index in [1.807, 2.05) is 7.05 Å². The summed E-state index contributed by atoms with van der Waals surface area (Å²) in [6.07, 6.45) is 2.77. The standard InChI is InChI=1S/C12H24N4S/c1-13-12(15-10-11-2-3-11)14-4-5-16-6-8-17-9-7-16/h11H,2-10H2,1H3,(H2,13,14,15). The Hall–Kier alpha value is -0.420. The van der Waals surface area contributed by atoms with E-state index in [-0.39, 0.29) is 0 Å². The summed E-state index contributed by atoms with van der Waals surface area (Å²) in [6, 6.07) is 0. The maximum Gasteiger partial charge on any atom is 0.191 e. The molecule has 0 aromatic rings. The largest absolute Gasteiger partial charge is 0.356 e. The second-order valence-corrected chi connectivity index (χ2v) is 6.00. The van der Waals surface area contributed by atoms with Crippen LogP contribution in [0.4, 0.5) is 0 Å². The SMILES string of the molecule is CN=C(NCCN1CCSCC1)NCC1CC1. The van der Waals surface area contributed by atoms with Gasteiger partial charge in [-0.15, -0.1) is 0 Å². The third-order valence-corrected chi connectivity index (χ3v) is 4.25. The zero-order valence-corrected chi connectivity index (χ0v) is 11.6. The minimum absolute atomic E-state index is 0.896. The Bertz CT molecular complexity index is 247. The van der Waals surface area contributed by atoms with Crippen molar-refractivity contribution in [2.45, 2.75) is 12.8 Å². The van der Waals surface area contributed by atoms with Gasteiger partial charge in [0, 0.05) is 51.3 Å². The third kappa shape index (κ3) is 5.17. The minimum atomic E-state index is 0.896. The molecule has 0 bridgehead atoms. The summed E-state index contributed by atoms with van der Waals surface area (Å²) in [5, 5.41) is 6.78. The molecule has 0 atom stereocenters. The molecule has 2 rings (SSSR count). The maximum absolute atomic E-state index is 4.24. The zero-order chi connectivity index (χ0) is 11.9. The van der Waals surface area contributed by atoms with Gasteiger partial charge < -0.3 is 10.6 Å². The first-order valence-corrected chi connectivity index (χ1v) is 7.78. The molecule has 0 radical (unpaired) electrons. The van der Waals surface area contributed by atoms with Crippen molar-refractivity contribution in [3.8, 4) is 0 Å². The van der Waals surface area contributed by atoms with Crippen molar-refractivity contribution in [2.75, 3.05) is 51.3 Å². The Labute approximate surface area is 109 Å². The van der Waals surface area contributed by atoms with E-state index in [0.717, 1.165) is 31.5 Å². The summed E-state index contributed by atoms with van der Waals surface area (Å²) in [5.41, 5.74) is 0. The van der Waals surface area contributed by atoms with E-state index in [1.54, 1.807) is 0 Å². The molecule has 2 N–H and O–H groups in total. The smallest absolute Gasteiger partial charge is 0.191 e. The quantitative estimate of drug-likeness (QED) is 0.558. The van der Waals surface area contributed by atoms with Gasteiger partial charge in [0.1, 0.15) is 0 Å². The normalized spacial score (nSPS) is 22.5. The molecule has 5 heteroatoms. The van der Waals surface area contributed by atoms with Gasteiger partial charge in [0.2, 0.25) is 0 Å². The van der Waals surface area contributed by atoms with E-state index >= 15 is 0 Å². The highest BCUT2D eigenvalue weighted by atomic mass is 32.2. The van der Waals surface area contributed by atoms with Gasteiger partial charge in [-0.05, 0) is 18.8 Å². The van der Waals surface area contributed by atoms with Crippen molar-refractivity contribution in [1.82, 2.24) is 15.5 Å². The molecule has 2 aliphatic rings. The molecule has 17 heavy (non-hydrogen) atoms. The number of aliphatic imine (C=N–C) groups is 1. The Morgan fingerprint density at radius 3 is 2.71 bits per heavy atom. The molecule has 1 heterocycles. The number of hydrogen-bond acceptors (Lipinski definition) is 3. The molecule has 0 unspecified atom stereocenters. The second kappa shape index (κ2) is 7.11. The van der Waals surface area contributed by atoms with E-state index < -0.39 is 0 Å². The Kier molecular flexibility index (Phi) is 5.45. The van der Waals surface area contributed by atoms with Crippen LogP contribution in [0.15, 0.2) is 4.99 Å². The van der Waals surface area contributed by atoms with E-state index in [9.17, 15) is 0 Å². The van der Waals surface area contributed by atoms with Crippen LogP contribution >= 0.6 is 11.8 Å². The molecule has 98 valence electrons. The summed E-state index contributed by atoms with van der Waals surface area (Å²) < 4.78 is 0. The van der Waals surface area contributed by atoms with Crippen LogP contribution in [0.5, 0.6) is 0 Å². The van der Waals surface area contributed by atoms with Crippen LogP contribution in [-0.2, 0) is 0 Å². The van der Waals surface area contributed by atoms with Gasteiger partial charge in [-0.1, -0.05) is 0 Å². The number of nitrogens with zero attached hydrogens (tertiary/aromatic N) is 2. The van der Waals surface area contributed by atoms with E-state index in [4.69, 9.17) is 0 Å². The highest BCUT2D eigenvalue weighted by molar-refractivity contribution is 7.99. The number of nitrogens with one attached hydrogen (secondary N) is 2. The summed E-state index contributed by atoms with van der Waals surface area (Å²) >= 11 is 2.06. The lowest BCUT2D eigenvalue weighted by molar-refractivity contribution is 0.307. The molecular formula is C12H24N4S. The minimum Gasteiger partial charge on any atom is -0.356 e. The van der Waals surface area contributed by atoms with Crippen molar-refractivity contribution in [3.63, 3.8) is 0 Å². The predicted octanol–water partition coefficient (Wildman–Crippen LogP) is 0.610. The third-order valence-electron chi connectivity index (χ3n) is 3.30. The van der Waals surface area contributed by atoms with Gasteiger partial charge in [-0.3, -0.25) is 9.89 Å². The molecule has 1 aliphatic heterocycles. The first-order chi connectivity index (χ1) is 8.38. The fraction of sp³-hybridized carbons (Fsp3) is 0.917. The Morgan fingerprint density at radius 2 is 2.06 bits per heavy atom. The summed E-state index contributed by atoms with van der Waals surface area (Å²) in [6.45, 7) is 5.68. The topological polar surface area (TPSA) is 39.7 Å². The van der Waals surface area contributed by atoms with E-state index in [1.165, 1.54) is 37.4 Å². The fourth-order valence-electron chi connectivity index (χ4n) is 1.94. The van der Waals surface area contributed by atoms with E-state index in [0.29, 0.717) is 0 Å². The highest BCUT2D eigenvalue weighted by Gasteiger charge is 2.21. The fourth-order valence-corrected chi connectivity index (χ4v) is 2.92. The van der Waals surface area contributed by atoms with Crippen molar-refractivity contribution in [1.29, 1.82) is 0 Å². The lowest BCUT2D eigenvalue weighted by atomic mass is 10.4. The molecule has 0 aromatic heterocycles. The Balaban J connectivity index is 1.55. The Morgan fingerprint density at radius 1 is 1.29 bits per heavy atom. The molecule has 0 aromatic carbocycles. The molecular weight excluding hydrogens is 232 g/mol. The number of thioether (sulfide) groups is 1. The molecule has 0 amide bonds. The van der Waals surface area contributed by atoms with Crippen LogP contribution in [0.2, 0.25) is 0 Å². The lowest BCUT2D eigenvalue weighted by Gasteiger charge is -2.26. The van der Waals surface area contributed by atoms with Crippen LogP contribution in [-0.4, -0.2) is 62.1 Å². The van der Waals surface area contributed by atoms with Gasteiger partial charge in [0.15, 0.2) is 5.96 Å². The first-order valence-electron chi connectivity index (χ1n) is 6.63. The van der Waals surface area contributed by atoms with Crippen LogP contribution in [0, 0.1) is 5.92 Å². The second-order valence-electron chi connectivity index (χ2n) is 4.78. The van der Waals surface area contributed by atoms with Gasteiger partial charge >= 0.3 is 0 Å². The number of rotatable bonds is 5. The van der Waals surface area contributed by atoms with Gasteiger partial charge in [0.05, 0.1) is 0 Å². The van der Waals surface area contributed by atoms with Crippen LogP contribution in [0.3, 0.4) is 0 Å². The predicted molar refractivity (Wildman–Crippen MR) is 75.9 cm³/mol. The average molecular weight is 256 g/mol. The van der Waals surface area contributed by atoms with Gasteiger partial charge in [0.25, 0.3) is 0 Å². The zero-order valence-electron chi connectivity index (χ0n) is 10.7. The summed E-state index contributed by atoms with van der Waals surface area (Å²) in [4.78, 5) is 6.77. The number of hydrogen-bond donors (Lipinski definition) is 2. The van der Waals surface area contributed by atoms with Gasteiger partial charge in [-0.25, -0.2) is 0 Å². The molecule has 2 fully saturated rings. The van der Waals surface area contributed by atoms with Crippen molar-refractivity contribution in [2.24, 2.45) is 10.9 Å². The molecule has 1 aliphatic carbocycles. The molecule has 0 spiro atoms. The molecule has 4 nitrogen and oxygen atoms in total. The maximum atomic E-state index is 4.24. The van der Waals surface area contributed by atoms with Crippen molar-refractivity contribution >= 4 is 17.7 Å². The molecule has 1 saturated carbocycles. The highest BCUT2D eigenvalue weighted by Crippen LogP contribution is 2.27.